The van der Waals surface area contributed by atoms with Crippen LogP contribution < -0.4 is 11.3 Å². The van der Waals surface area contributed by atoms with Crippen molar-refractivity contribution in [3.63, 3.8) is 0 Å². The third kappa shape index (κ3) is 3.90. The Morgan fingerprint density at radius 3 is 2.36 bits per heavy atom. The Labute approximate surface area is 86.5 Å². The summed E-state index contributed by atoms with van der Waals surface area (Å²) in [5, 5.41) is 0. The Morgan fingerprint density at radius 1 is 1.21 bits per heavy atom. The zero-order chi connectivity index (χ0) is 10.4. The van der Waals surface area contributed by atoms with Crippen LogP contribution in [0.25, 0.3) is 0 Å². The van der Waals surface area contributed by atoms with E-state index in [0.717, 1.165) is 12.8 Å². The number of hydrogen-bond donors (Lipinski definition) is 2. The van der Waals surface area contributed by atoms with Gasteiger partial charge in [0.1, 0.15) is 0 Å². The zero-order valence-electron chi connectivity index (χ0n) is 9.03. The maximum atomic E-state index is 5.52. The van der Waals surface area contributed by atoms with Crippen LogP contribution >= 0.6 is 0 Å². The fourth-order valence-electron chi connectivity index (χ4n) is 1.68. The van der Waals surface area contributed by atoms with Crippen LogP contribution in [0, 0.1) is 5.92 Å². The minimum Gasteiger partial charge on any atom is -0.271 e. The molecule has 0 heterocycles. The molecule has 2 heteroatoms. The summed E-state index contributed by atoms with van der Waals surface area (Å²) in [4.78, 5) is 0. The molecule has 14 heavy (non-hydrogen) atoms. The fourth-order valence-corrected chi connectivity index (χ4v) is 1.68. The quantitative estimate of drug-likeness (QED) is 0.554. The van der Waals surface area contributed by atoms with Gasteiger partial charge in [-0.2, -0.15) is 0 Å². The van der Waals surface area contributed by atoms with Crippen molar-refractivity contribution in [1.82, 2.24) is 5.43 Å². The van der Waals surface area contributed by atoms with Gasteiger partial charge in [-0.25, -0.2) is 0 Å². The lowest BCUT2D eigenvalue weighted by molar-refractivity contribution is 0.423. The van der Waals surface area contributed by atoms with E-state index in [1.54, 1.807) is 0 Å². The Hall–Kier alpha value is -0.860. The van der Waals surface area contributed by atoms with Crippen molar-refractivity contribution in [2.24, 2.45) is 11.8 Å². The molecule has 0 bridgehead atoms. The maximum absolute atomic E-state index is 5.52. The van der Waals surface area contributed by atoms with Crippen molar-refractivity contribution >= 4 is 0 Å². The van der Waals surface area contributed by atoms with E-state index in [-0.39, 0.29) is 0 Å². The van der Waals surface area contributed by atoms with Gasteiger partial charge in [0.15, 0.2) is 0 Å². The summed E-state index contributed by atoms with van der Waals surface area (Å²) in [6, 6.07) is 10.8. The Bertz CT molecular complexity index is 244. The topological polar surface area (TPSA) is 38.0 Å². The molecule has 1 rings (SSSR count). The lowest BCUT2D eigenvalue weighted by Crippen LogP contribution is -2.37. The molecule has 3 N–H and O–H groups in total. The predicted octanol–water partition coefficient (Wildman–Crippen LogP) is 2.11. The number of hydrazine groups is 1. The van der Waals surface area contributed by atoms with Gasteiger partial charge in [0.2, 0.25) is 0 Å². The smallest absolute Gasteiger partial charge is 0.0253 e. The van der Waals surface area contributed by atoms with E-state index in [1.807, 2.05) is 6.07 Å². The summed E-state index contributed by atoms with van der Waals surface area (Å²) < 4.78 is 0. The second-order valence-electron chi connectivity index (χ2n) is 4.18. The molecule has 0 saturated heterocycles. The summed E-state index contributed by atoms with van der Waals surface area (Å²) in [7, 11) is 0. The van der Waals surface area contributed by atoms with Crippen molar-refractivity contribution in [1.29, 1.82) is 0 Å². The minimum absolute atomic E-state index is 0.386. The Balaban J connectivity index is 2.48. The van der Waals surface area contributed by atoms with Crippen LogP contribution in [0.15, 0.2) is 30.3 Å². The average molecular weight is 192 g/mol. The number of nitrogens with two attached hydrogens (primary N) is 1. The van der Waals surface area contributed by atoms with Gasteiger partial charge in [-0.05, 0) is 24.3 Å². The highest BCUT2D eigenvalue weighted by atomic mass is 15.2. The molecule has 0 fully saturated rings. The lowest BCUT2D eigenvalue weighted by Gasteiger charge is -2.17. The molecular weight excluding hydrogens is 172 g/mol. The van der Waals surface area contributed by atoms with Crippen LogP contribution in [0.5, 0.6) is 0 Å². The van der Waals surface area contributed by atoms with E-state index in [4.69, 9.17) is 5.84 Å². The molecule has 78 valence electrons. The van der Waals surface area contributed by atoms with Crippen LogP contribution in [-0.2, 0) is 6.42 Å². The number of rotatable bonds is 5. The van der Waals surface area contributed by atoms with E-state index in [0.29, 0.717) is 12.0 Å². The SMILES string of the molecule is CC(C)C[C@@H](Cc1ccccc1)NN. The first-order valence-corrected chi connectivity index (χ1v) is 5.22. The first-order valence-electron chi connectivity index (χ1n) is 5.22. The molecule has 0 radical (unpaired) electrons. The van der Waals surface area contributed by atoms with Gasteiger partial charge in [0.25, 0.3) is 0 Å². The molecule has 0 unspecified atom stereocenters. The molecule has 0 spiro atoms. The maximum Gasteiger partial charge on any atom is 0.0253 e. The molecular formula is C12H20N2. The minimum atomic E-state index is 0.386. The van der Waals surface area contributed by atoms with Gasteiger partial charge in [-0.3, -0.25) is 11.3 Å². The highest BCUT2D eigenvalue weighted by Gasteiger charge is 2.09. The molecule has 0 amide bonds. The van der Waals surface area contributed by atoms with Gasteiger partial charge in [-0.15, -0.1) is 0 Å². The number of hydrogen-bond acceptors (Lipinski definition) is 2. The molecule has 1 aromatic rings. The Kier molecular flexibility index (Phi) is 4.63. The van der Waals surface area contributed by atoms with Crippen LogP contribution in [0.1, 0.15) is 25.8 Å². The first-order chi connectivity index (χ1) is 6.72. The van der Waals surface area contributed by atoms with Crippen LogP contribution in [0.2, 0.25) is 0 Å². The molecule has 0 aromatic heterocycles. The van der Waals surface area contributed by atoms with Crippen molar-refractivity contribution in [2.75, 3.05) is 0 Å². The summed E-state index contributed by atoms with van der Waals surface area (Å²) in [5.74, 6) is 6.20. The summed E-state index contributed by atoms with van der Waals surface area (Å²) in [6.07, 6.45) is 2.13. The van der Waals surface area contributed by atoms with E-state index in [9.17, 15) is 0 Å². The van der Waals surface area contributed by atoms with E-state index in [2.05, 4.69) is 43.5 Å². The fraction of sp³-hybridized carbons (Fsp3) is 0.500. The third-order valence-corrected chi connectivity index (χ3v) is 2.32. The molecule has 0 aliphatic heterocycles. The summed E-state index contributed by atoms with van der Waals surface area (Å²) >= 11 is 0. The second-order valence-corrected chi connectivity index (χ2v) is 4.18. The third-order valence-electron chi connectivity index (χ3n) is 2.32. The number of benzene rings is 1. The zero-order valence-corrected chi connectivity index (χ0v) is 9.03. The first kappa shape index (κ1) is 11.2. The summed E-state index contributed by atoms with van der Waals surface area (Å²) in [5.41, 5.74) is 4.23. The molecule has 1 aromatic carbocycles. The van der Waals surface area contributed by atoms with Crippen LogP contribution in [0.3, 0.4) is 0 Å². The largest absolute Gasteiger partial charge is 0.271 e. The standard InChI is InChI=1S/C12H20N2/c1-10(2)8-12(14-13)9-11-6-4-3-5-7-11/h3-7,10,12,14H,8-9,13H2,1-2H3/t12-/m0/s1. The average Bonchev–Trinajstić information content (AvgIpc) is 2.17. The molecule has 1 atom stereocenters. The van der Waals surface area contributed by atoms with Gasteiger partial charge >= 0.3 is 0 Å². The number of nitrogens with one attached hydrogen (secondary N) is 1. The van der Waals surface area contributed by atoms with E-state index < -0.39 is 0 Å². The molecule has 0 saturated carbocycles. The van der Waals surface area contributed by atoms with Gasteiger partial charge in [-0.1, -0.05) is 44.2 Å². The van der Waals surface area contributed by atoms with Crippen molar-refractivity contribution in [3.05, 3.63) is 35.9 Å². The monoisotopic (exact) mass is 192 g/mol. The molecule has 0 aliphatic carbocycles. The van der Waals surface area contributed by atoms with Gasteiger partial charge in [0.05, 0.1) is 0 Å². The highest BCUT2D eigenvalue weighted by molar-refractivity contribution is 5.15. The van der Waals surface area contributed by atoms with Crippen molar-refractivity contribution in [2.45, 2.75) is 32.7 Å². The van der Waals surface area contributed by atoms with Crippen molar-refractivity contribution < 1.29 is 0 Å². The summed E-state index contributed by atoms with van der Waals surface area (Å²) in [6.45, 7) is 4.44. The van der Waals surface area contributed by atoms with E-state index in [1.165, 1.54) is 5.56 Å². The Morgan fingerprint density at radius 2 is 1.86 bits per heavy atom. The van der Waals surface area contributed by atoms with Crippen LogP contribution in [-0.4, -0.2) is 6.04 Å². The second kappa shape index (κ2) is 5.78. The van der Waals surface area contributed by atoms with Crippen LogP contribution in [0.4, 0.5) is 0 Å². The predicted molar refractivity (Wildman–Crippen MR) is 60.7 cm³/mol. The molecule has 0 aliphatic rings. The molecule has 2 nitrogen and oxygen atoms in total. The van der Waals surface area contributed by atoms with Gasteiger partial charge in [0, 0.05) is 6.04 Å². The normalized spacial score (nSPS) is 13.1. The van der Waals surface area contributed by atoms with E-state index >= 15 is 0 Å². The van der Waals surface area contributed by atoms with Gasteiger partial charge < -0.3 is 0 Å². The highest BCUT2D eigenvalue weighted by Crippen LogP contribution is 2.10. The lowest BCUT2D eigenvalue weighted by atomic mass is 9.98. The van der Waals surface area contributed by atoms with Crippen molar-refractivity contribution in [3.8, 4) is 0 Å².